The van der Waals surface area contributed by atoms with Crippen molar-refractivity contribution in [1.29, 1.82) is 0 Å². The molecular weight excluding hydrogens is 422 g/mol. The number of nitrogen functional groups attached to an aromatic ring is 2. The Labute approximate surface area is 180 Å². The number of fused-ring (bicyclic) bond motifs is 1. The van der Waals surface area contributed by atoms with Crippen molar-refractivity contribution in [1.82, 2.24) is 24.7 Å². The molecule has 0 unspecified atom stereocenters. The van der Waals surface area contributed by atoms with Crippen molar-refractivity contribution < 1.29 is 18.7 Å². The zero-order valence-corrected chi connectivity index (χ0v) is 16.8. The Morgan fingerprint density at radius 3 is 2.50 bits per heavy atom. The predicted octanol–water partition coefficient (Wildman–Crippen LogP) is 2.75. The van der Waals surface area contributed by atoms with Crippen molar-refractivity contribution in [3.8, 4) is 5.95 Å². The Morgan fingerprint density at radius 1 is 1.19 bits per heavy atom. The van der Waals surface area contributed by atoms with Gasteiger partial charge < -0.3 is 16.6 Å². The summed E-state index contributed by atoms with van der Waals surface area (Å²) < 4.78 is 29.3. The highest BCUT2D eigenvalue weighted by atomic mass is 19.1. The quantitative estimate of drug-likeness (QED) is 0.429. The SMILES string of the molecule is CCN(C(=O)O)c1c(N)nc(-n2nc(Cc3ccccc3F)c3ncc(F)cc32)nc1N. The molecule has 0 radical (unpaired) electrons. The molecule has 0 fully saturated rings. The molecule has 4 aromatic rings. The summed E-state index contributed by atoms with van der Waals surface area (Å²) >= 11 is 0. The number of rotatable bonds is 5. The van der Waals surface area contributed by atoms with Gasteiger partial charge in [-0.1, -0.05) is 18.2 Å². The average Bonchev–Trinajstić information content (AvgIpc) is 3.09. The van der Waals surface area contributed by atoms with Crippen LogP contribution in [0.5, 0.6) is 0 Å². The number of amides is 1. The van der Waals surface area contributed by atoms with Gasteiger partial charge in [-0.15, -0.1) is 0 Å². The number of halogens is 2. The van der Waals surface area contributed by atoms with Crippen LogP contribution in [0.25, 0.3) is 17.0 Å². The Morgan fingerprint density at radius 2 is 1.88 bits per heavy atom. The number of aromatic nitrogens is 5. The number of carbonyl (C=O) groups is 1. The Hall–Kier alpha value is -4.35. The van der Waals surface area contributed by atoms with Crippen LogP contribution in [0.1, 0.15) is 18.2 Å². The highest BCUT2D eigenvalue weighted by Gasteiger charge is 2.23. The molecule has 10 nitrogen and oxygen atoms in total. The Balaban J connectivity index is 1.87. The molecule has 0 bridgehead atoms. The van der Waals surface area contributed by atoms with Gasteiger partial charge in [0.2, 0.25) is 0 Å². The number of pyridine rings is 1. The lowest BCUT2D eigenvalue weighted by atomic mass is 10.1. The van der Waals surface area contributed by atoms with Crippen molar-refractivity contribution >= 4 is 34.4 Å². The van der Waals surface area contributed by atoms with Crippen LogP contribution in [0.2, 0.25) is 0 Å². The van der Waals surface area contributed by atoms with Gasteiger partial charge in [-0.05, 0) is 18.6 Å². The standard InChI is InChI=1S/C20H18F2N8O2/c1-2-29(20(31)32)16-17(23)26-19(27-18(16)24)30-14-8-11(21)9-25-15(14)13(28-30)7-10-5-3-4-6-12(10)22/h3-6,8-9H,2,7H2,1H3,(H,31,32)(H4,23,24,26,27). The molecule has 3 heterocycles. The fourth-order valence-electron chi connectivity index (χ4n) is 3.37. The normalized spacial score (nSPS) is 11.1. The maximum absolute atomic E-state index is 14.2. The number of hydrogen-bond donors (Lipinski definition) is 3. The van der Waals surface area contributed by atoms with Gasteiger partial charge in [0.05, 0.1) is 17.4 Å². The third kappa shape index (κ3) is 3.62. The fraction of sp³-hybridized carbons (Fsp3) is 0.150. The second kappa shape index (κ2) is 8.06. The average molecular weight is 440 g/mol. The lowest BCUT2D eigenvalue weighted by Gasteiger charge is -2.20. The first-order valence-electron chi connectivity index (χ1n) is 9.50. The van der Waals surface area contributed by atoms with E-state index in [1.54, 1.807) is 25.1 Å². The van der Waals surface area contributed by atoms with E-state index in [2.05, 4.69) is 20.1 Å². The molecule has 0 aliphatic rings. The molecular formula is C20H18F2N8O2. The van der Waals surface area contributed by atoms with Crippen molar-refractivity contribution in [2.75, 3.05) is 22.9 Å². The summed E-state index contributed by atoms with van der Waals surface area (Å²) in [6, 6.07) is 7.37. The number of nitrogens with two attached hydrogens (primary N) is 2. The van der Waals surface area contributed by atoms with Gasteiger partial charge in [-0.25, -0.2) is 18.6 Å². The van der Waals surface area contributed by atoms with E-state index in [1.807, 2.05) is 0 Å². The number of carboxylic acid groups (broad SMARTS) is 1. The molecule has 0 aliphatic carbocycles. The van der Waals surface area contributed by atoms with E-state index in [-0.39, 0.29) is 41.8 Å². The minimum Gasteiger partial charge on any atom is -0.465 e. The summed E-state index contributed by atoms with van der Waals surface area (Å²) in [6.45, 7) is 1.67. The molecule has 0 atom stereocenters. The van der Waals surface area contributed by atoms with Crippen LogP contribution in [-0.2, 0) is 6.42 Å². The summed E-state index contributed by atoms with van der Waals surface area (Å²) in [4.78, 5) is 24.7. The first-order chi connectivity index (χ1) is 15.3. The molecule has 4 rings (SSSR count). The van der Waals surface area contributed by atoms with Crippen LogP contribution >= 0.6 is 0 Å². The highest BCUT2D eigenvalue weighted by Crippen LogP contribution is 2.30. The number of anilines is 3. The first kappa shape index (κ1) is 20.9. The predicted molar refractivity (Wildman–Crippen MR) is 113 cm³/mol. The molecule has 5 N–H and O–H groups in total. The van der Waals surface area contributed by atoms with Crippen LogP contribution < -0.4 is 16.4 Å². The third-order valence-corrected chi connectivity index (χ3v) is 4.80. The maximum Gasteiger partial charge on any atom is 0.412 e. The summed E-state index contributed by atoms with van der Waals surface area (Å²) in [6.07, 6.45) is -0.163. The van der Waals surface area contributed by atoms with E-state index in [1.165, 1.54) is 16.8 Å². The number of benzene rings is 1. The molecule has 1 aromatic carbocycles. The summed E-state index contributed by atoms with van der Waals surface area (Å²) in [5.74, 6) is -1.54. The van der Waals surface area contributed by atoms with Gasteiger partial charge in [0.15, 0.2) is 11.6 Å². The minimum atomic E-state index is -1.27. The van der Waals surface area contributed by atoms with Crippen molar-refractivity contribution in [3.63, 3.8) is 0 Å². The van der Waals surface area contributed by atoms with E-state index in [4.69, 9.17) is 11.5 Å². The maximum atomic E-state index is 14.2. The monoisotopic (exact) mass is 440 g/mol. The van der Waals surface area contributed by atoms with Gasteiger partial charge in [-0.2, -0.15) is 19.7 Å². The van der Waals surface area contributed by atoms with Gasteiger partial charge in [0, 0.05) is 19.0 Å². The van der Waals surface area contributed by atoms with Crippen LogP contribution in [0.3, 0.4) is 0 Å². The molecule has 3 aromatic heterocycles. The van der Waals surface area contributed by atoms with Crippen LogP contribution in [0.15, 0.2) is 36.5 Å². The first-order valence-corrected chi connectivity index (χ1v) is 9.50. The van der Waals surface area contributed by atoms with Crippen LogP contribution in [-0.4, -0.2) is 42.5 Å². The van der Waals surface area contributed by atoms with Crippen molar-refractivity contribution in [2.24, 2.45) is 0 Å². The molecule has 164 valence electrons. The lowest BCUT2D eigenvalue weighted by molar-refractivity contribution is 0.202. The van der Waals surface area contributed by atoms with Crippen LogP contribution in [0.4, 0.5) is 30.9 Å². The van der Waals surface area contributed by atoms with Gasteiger partial charge in [-0.3, -0.25) is 4.90 Å². The van der Waals surface area contributed by atoms with Gasteiger partial charge >= 0.3 is 6.09 Å². The second-order valence-corrected chi connectivity index (χ2v) is 6.82. The van der Waals surface area contributed by atoms with E-state index in [0.717, 1.165) is 11.1 Å². The lowest BCUT2D eigenvalue weighted by Crippen LogP contribution is -2.31. The second-order valence-electron chi connectivity index (χ2n) is 6.82. The molecule has 12 heteroatoms. The molecule has 32 heavy (non-hydrogen) atoms. The van der Waals surface area contributed by atoms with Crippen molar-refractivity contribution in [2.45, 2.75) is 13.3 Å². The highest BCUT2D eigenvalue weighted by molar-refractivity contribution is 5.94. The molecule has 1 amide bonds. The molecule has 0 aliphatic heterocycles. The zero-order valence-electron chi connectivity index (χ0n) is 16.8. The summed E-state index contributed by atoms with van der Waals surface area (Å²) in [5.41, 5.74) is 13.2. The number of hydrogen-bond acceptors (Lipinski definition) is 7. The minimum absolute atomic E-state index is 0.0592. The summed E-state index contributed by atoms with van der Waals surface area (Å²) in [5, 5.41) is 13.8. The topological polar surface area (TPSA) is 149 Å². The van der Waals surface area contributed by atoms with E-state index in [9.17, 15) is 18.7 Å². The smallest absolute Gasteiger partial charge is 0.412 e. The molecule has 0 spiro atoms. The van der Waals surface area contributed by atoms with E-state index in [0.29, 0.717) is 16.8 Å². The molecule has 0 saturated carbocycles. The summed E-state index contributed by atoms with van der Waals surface area (Å²) in [7, 11) is 0. The number of nitrogens with zero attached hydrogens (tertiary/aromatic N) is 6. The Kier molecular flexibility index (Phi) is 5.26. The van der Waals surface area contributed by atoms with Gasteiger partial charge in [0.1, 0.15) is 22.8 Å². The van der Waals surface area contributed by atoms with Crippen molar-refractivity contribution in [3.05, 3.63) is 59.4 Å². The largest absolute Gasteiger partial charge is 0.465 e. The fourth-order valence-corrected chi connectivity index (χ4v) is 3.37. The van der Waals surface area contributed by atoms with E-state index < -0.39 is 17.7 Å². The van der Waals surface area contributed by atoms with E-state index >= 15 is 0 Å². The third-order valence-electron chi connectivity index (χ3n) is 4.80. The zero-order chi connectivity index (χ0) is 23.0. The Bertz CT molecular complexity index is 1320. The van der Waals surface area contributed by atoms with Gasteiger partial charge in [0.25, 0.3) is 5.95 Å². The molecule has 0 saturated heterocycles. The van der Waals surface area contributed by atoms with Crippen LogP contribution in [0, 0.1) is 11.6 Å².